The highest BCUT2D eigenvalue weighted by molar-refractivity contribution is 9.10. The van der Waals surface area contributed by atoms with Crippen molar-refractivity contribution in [2.75, 3.05) is 6.61 Å². The van der Waals surface area contributed by atoms with Crippen molar-refractivity contribution < 1.29 is 4.74 Å². The molecule has 0 spiro atoms. The molecule has 0 aliphatic carbocycles. The van der Waals surface area contributed by atoms with Crippen LogP contribution in [-0.2, 0) is 6.42 Å². The summed E-state index contributed by atoms with van der Waals surface area (Å²) < 4.78 is 6.42. The van der Waals surface area contributed by atoms with Crippen molar-refractivity contribution in [1.82, 2.24) is 9.97 Å². The van der Waals surface area contributed by atoms with Crippen LogP contribution in [0.5, 0.6) is 5.75 Å². The highest BCUT2D eigenvalue weighted by atomic mass is 79.9. The normalized spacial score (nSPS) is 10.6. The number of aromatic nitrogens is 2. The predicted octanol–water partition coefficient (Wildman–Crippen LogP) is 4.65. The number of ether oxygens (including phenoxy) is 1. The third kappa shape index (κ3) is 4.04. The number of hydrogen-bond donors (Lipinski definition) is 0. The summed E-state index contributed by atoms with van der Waals surface area (Å²) in [6, 6.07) is 9.99. The molecule has 0 unspecified atom stereocenters. The van der Waals surface area contributed by atoms with Gasteiger partial charge >= 0.3 is 0 Å². The number of aryl methyl sites for hydroxylation is 1. The smallest absolute Gasteiger partial charge is 0.130 e. The van der Waals surface area contributed by atoms with Crippen LogP contribution in [0.3, 0.4) is 0 Å². The zero-order valence-corrected chi connectivity index (χ0v) is 13.5. The molecule has 20 heavy (non-hydrogen) atoms. The second kappa shape index (κ2) is 7.39. The average Bonchev–Trinajstić information content (AvgIpc) is 2.45. The molecule has 0 N–H and O–H groups in total. The van der Waals surface area contributed by atoms with Gasteiger partial charge in [0, 0.05) is 12.0 Å². The van der Waals surface area contributed by atoms with E-state index in [1.807, 2.05) is 30.3 Å². The third-order valence-corrected chi connectivity index (χ3v) is 3.24. The number of hydrogen-bond acceptors (Lipinski definition) is 3. The first-order valence-electron chi connectivity index (χ1n) is 6.99. The lowest BCUT2D eigenvalue weighted by Gasteiger charge is -2.07. The molecule has 0 aliphatic heterocycles. The van der Waals surface area contributed by atoms with Gasteiger partial charge < -0.3 is 4.74 Å². The summed E-state index contributed by atoms with van der Waals surface area (Å²) in [7, 11) is 0. The maximum atomic E-state index is 5.59. The molecule has 2 rings (SSSR count). The summed E-state index contributed by atoms with van der Waals surface area (Å²) in [4.78, 5) is 8.99. The summed E-state index contributed by atoms with van der Waals surface area (Å²) in [5.74, 6) is 1.78. The number of nitrogens with zero attached hydrogens (tertiary/aromatic N) is 2. The number of benzene rings is 1. The molecule has 0 atom stereocenters. The van der Waals surface area contributed by atoms with Gasteiger partial charge in [-0.2, -0.15) is 0 Å². The zero-order chi connectivity index (χ0) is 14.4. The van der Waals surface area contributed by atoms with Gasteiger partial charge in [0.2, 0.25) is 0 Å². The maximum absolute atomic E-state index is 5.59. The topological polar surface area (TPSA) is 35.0 Å². The van der Waals surface area contributed by atoms with Crippen LogP contribution in [0.1, 0.15) is 32.5 Å². The van der Waals surface area contributed by atoms with Crippen molar-refractivity contribution in [2.45, 2.75) is 33.1 Å². The fourth-order valence-corrected chi connectivity index (χ4v) is 2.31. The fraction of sp³-hybridized carbons (Fsp3) is 0.375. The largest absolute Gasteiger partial charge is 0.494 e. The van der Waals surface area contributed by atoms with E-state index in [0.717, 1.165) is 53.3 Å². The van der Waals surface area contributed by atoms with Crippen LogP contribution in [0.15, 0.2) is 34.9 Å². The monoisotopic (exact) mass is 334 g/mol. The zero-order valence-electron chi connectivity index (χ0n) is 11.9. The van der Waals surface area contributed by atoms with Crippen LogP contribution >= 0.6 is 15.9 Å². The molecule has 4 heteroatoms. The first-order chi connectivity index (χ1) is 9.72. The van der Waals surface area contributed by atoms with E-state index in [1.165, 1.54) is 0 Å². The minimum atomic E-state index is 0.749. The maximum Gasteiger partial charge on any atom is 0.130 e. The Bertz CT molecular complexity index is 555. The summed E-state index contributed by atoms with van der Waals surface area (Å²) in [5, 5.41) is 0. The minimum Gasteiger partial charge on any atom is -0.494 e. The Morgan fingerprint density at radius 2 is 1.80 bits per heavy atom. The van der Waals surface area contributed by atoms with Gasteiger partial charge in [0.1, 0.15) is 16.2 Å². The van der Waals surface area contributed by atoms with E-state index in [-0.39, 0.29) is 0 Å². The molecule has 0 radical (unpaired) electrons. The van der Waals surface area contributed by atoms with Crippen LogP contribution in [0.25, 0.3) is 11.3 Å². The van der Waals surface area contributed by atoms with Gasteiger partial charge in [-0.05, 0) is 59.1 Å². The Hall–Kier alpha value is -1.42. The van der Waals surface area contributed by atoms with E-state index in [1.54, 1.807) is 0 Å². The van der Waals surface area contributed by atoms with E-state index in [4.69, 9.17) is 4.74 Å². The highest BCUT2D eigenvalue weighted by Crippen LogP contribution is 2.23. The molecule has 0 saturated heterocycles. The van der Waals surface area contributed by atoms with Crippen LogP contribution in [0.2, 0.25) is 0 Å². The van der Waals surface area contributed by atoms with E-state index in [0.29, 0.717) is 0 Å². The lowest BCUT2D eigenvalue weighted by molar-refractivity contribution is 0.317. The predicted molar refractivity (Wildman–Crippen MR) is 84.9 cm³/mol. The minimum absolute atomic E-state index is 0.749. The molecule has 0 aliphatic rings. The van der Waals surface area contributed by atoms with Gasteiger partial charge in [0.25, 0.3) is 0 Å². The second-order valence-corrected chi connectivity index (χ2v) is 5.43. The van der Waals surface area contributed by atoms with Crippen LogP contribution in [0, 0.1) is 0 Å². The van der Waals surface area contributed by atoms with Crippen molar-refractivity contribution in [3.8, 4) is 17.0 Å². The molecule has 3 nitrogen and oxygen atoms in total. The summed E-state index contributed by atoms with van der Waals surface area (Å²) >= 11 is 3.45. The molecular formula is C16H19BrN2O. The standard InChI is InChI=1S/C16H19BrN2O/c1-3-5-16-18-14(11-15(17)19-16)12-6-8-13(9-7-12)20-10-4-2/h6-9,11H,3-5,10H2,1-2H3. The van der Waals surface area contributed by atoms with Gasteiger partial charge in [-0.1, -0.05) is 13.8 Å². The van der Waals surface area contributed by atoms with E-state index >= 15 is 0 Å². The average molecular weight is 335 g/mol. The van der Waals surface area contributed by atoms with Crippen molar-refractivity contribution in [3.63, 3.8) is 0 Å². The molecule has 2 aromatic rings. The molecule has 0 saturated carbocycles. The van der Waals surface area contributed by atoms with Gasteiger partial charge in [0.15, 0.2) is 0 Å². The van der Waals surface area contributed by atoms with Crippen molar-refractivity contribution in [2.24, 2.45) is 0 Å². The molecule has 1 heterocycles. The molecule has 106 valence electrons. The summed E-state index contributed by atoms with van der Waals surface area (Å²) in [6.45, 7) is 4.98. The lowest BCUT2D eigenvalue weighted by Crippen LogP contribution is -1.97. The Kier molecular flexibility index (Phi) is 5.53. The van der Waals surface area contributed by atoms with Gasteiger partial charge in [0.05, 0.1) is 12.3 Å². The number of rotatable bonds is 6. The first-order valence-corrected chi connectivity index (χ1v) is 7.79. The Morgan fingerprint density at radius 1 is 1.05 bits per heavy atom. The van der Waals surface area contributed by atoms with E-state index in [2.05, 4.69) is 39.7 Å². The van der Waals surface area contributed by atoms with Crippen molar-refractivity contribution in [3.05, 3.63) is 40.8 Å². The third-order valence-electron chi connectivity index (χ3n) is 2.84. The number of halogens is 1. The van der Waals surface area contributed by atoms with Crippen LogP contribution in [0.4, 0.5) is 0 Å². The van der Waals surface area contributed by atoms with Crippen LogP contribution in [-0.4, -0.2) is 16.6 Å². The summed E-state index contributed by atoms with van der Waals surface area (Å²) in [5.41, 5.74) is 2.02. The molecular weight excluding hydrogens is 316 g/mol. The molecule has 0 amide bonds. The van der Waals surface area contributed by atoms with Gasteiger partial charge in [-0.25, -0.2) is 9.97 Å². The Labute approximate surface area is 128 Å². The van der Waals surface area contributed by atoms with Crippen molar-refractivity contribution in [1.29, 1.82) is 0 Å². The van der Waals surface area contributed by atoms with Crippen molar-refractivity contribution >= 4 is 15.9 Å². The molecule has 1 aromatic heterocycles. The van der Waals surface area contributed by atoms with Crippen LogP contribution < -0.4 is 4.74 Å². The molecule has 0 bridgehead atoms. The van der Waals surface area contributed by atoms with E-state index < -0.39 is 0 Å². The van der Waals surface area contributed by atoms with Gasteiger partial charge in [-0.15, -0.1) is 0 Å². The first kappa shape index (κ1) is 15.0. The molecule has 0 fully saturated rings. The SMILES string of the molecule is CCCOc1ccc(-c2cc(Br)nc(CCC)n2)cc1. The quantitative estimate of drug-likeness (QED) is 0.721. The summed E-state index contributed by atoms with van der Waals surface area (Å²) in [6.07, 6.45) is 2.95. The lowest BCUT2D eigenvalue weighted by atomic mass is 10.1. The molecule has 1 aromatic carbocycles. The highest BCUT2D eigenvalue weighted by Gasteiger charge is 2.05. The van der Waals surface area contributed by atoms with E-state index in [9.17, 15) is 0 Å². The van der Waals surface area contributed by atoms with Gasteiger partial charge in [-0.3, -0.25) is 0 Å². The fourth-order valence-electron chi connectivity index (χ4n) is 1.89. The Balaban J connectivity index is 2.22. The Morgan fingerprint density at radius 3 is 2.45 bits per heavy atom. The second-order valence-electron chi connectivity index (χ2n) is 4.61.